The van der Waals surface area contributed by atoms with E-state index in [-0.39, 0.29) is 17.0 Å². The number of likely N-dealkylation sites (N-methyl/N-ethyl adjacent to an activating group) is 2. The van der Waals surface area contributed by atoms with Crippen molar-refractivity contribution in [2.75, 3.05) is 39.3 Å². The third-order valence-corrected chi connectivity index (χ3v) is 3.68. The highest BCUT2D eigenvalue weighted by atomic mass is 16.5. The van der Waals surface area contributed by atoms with E-state index in [2.05, 4.69) is 31.2 Å². The topological polar surface area (TPSA) is 59.4 Å². The number of rotatable bonds is 7. The summed E-state index contributed by atoms with van der Waals surface area (Å²) < 4.78 is 6.55. The molecule has 6 nitrogen and oxygen atoms in total. The SMILES string of the molecule is CNC(Cn1ncc(N(C)CCOC)cc1=O)C(C)(C)C. The maximum Gasteiger partial charge on any atom is 0.268 e. The van der Waals surface area contributed by atoms with Gasteiger partial charge in [-0.3, -0.25) is 4.79 Å². The Kier molecular flexibility index (Phi) is 6.36. The minimum absolute atomic E-state index is 0.0593. The smallest absolute Gasteiger partial charge is 0.268 e. The van der Waals surface area contributed by atoms with Crippen LogP contribution in [0.25, 0.3) is 0 Å². The second-order valence-corrected chi connectivity index (χ2v) is 6.36. The van der Waals surface area contributed by atoms with Crippen molar-refractivity contribution in [1.82, 2.24) is 15.1 Å². The normalized spacial score (nSPS) is 13.2. The monoisotopic (exact) mass is 296 g/mol. The lowest BCUT2D eigenvalue weighted by Gasteiger charge is -2.30. The van der Waals surface area contributed by atoms with Crippen LogP contribution < -0.4 is 15.8 Å². The third kappa shape index (κ3) is 5.13. The van der Waals surface area contributed by atoms with Crippen LogP contribution in [0.2, 0.25) is 0 Å². The van der Waals surface area contributed by atoms with Crippen LogP contribution in [0.15, 0.2) is 17.1 Å². The summed E-state index contributed by atoms with van der Waals surface area (Å²) in [6.45, 7) is 8.33. The third-order valence-electron chi connectivity index (χ3n) is 3.68. The molecular formula is C15H28N4O2. The molecule has 120 valence electrons. The van der Waals surface area contributed by atoms with Gasteiger partial charge in [0.05, 0.1) is 25.0 Å². The van der Waals surface area contributed by atoms with Crippen molar-refractivity contribution in [2.24, 2.45) is 5.41 Å². The van der Waals surface area contributed by atoms with Crippen molar-refractivity contribution in [3.8, 4) is 0 Å². The molecule has 1 aromatic rings. The van der Waals surface area contributed by atoms with Crippen molar-refractivity contribution < 1.29 is 4.74 Å². The fourth-order valence-corrected chi connectivity index (χ4v) is 2.10. The average molecular weight is 296 g/mol. The van der Waals surface area contributed by atoms with E-state index in [1.54, 1.807) is 19.4 Å². The van der Waals surface area contributed by atoms with E-state index in [4.69, 9.17) is 4.74 Å². The standard InChI is InChI=1S/C15H28N4O2/c1-15(2,3)13(16-4)11-19-14(20)9-12(10-17-19)18(5)7-8-21-6/h9-10,13,16H,7-8,11H2,1-6H3. The summed E-state index contributed by atoms with van der Waals surface area (Å²) in [6, 6.07) is 1.80. The number of hydrogen-bond donors (Lipinski definition) is 1. The van der Waals surface area contributed by atoms with Crippen molar-refractivity contribution >= 4 is 5.69 Å². The largest absolute Gasteiger partial charge is 0.383 e. The lowest BCUT2D eigenvalue weighted by molar-refractivity contribution is 0.206. The zero-order chi connectivity index (χ0) is 16.0. The molecule has 1 N–H and O–H groups in total. The number of nitrogens with one attached hydrogen (secondary N) is 1. The minimum atomic E-state index is -0.0822. The number of hydrogen-bond acceptors (Lipinski definition) is 5. The fraction of sp³-hybridized carbons (Fsp3) is 0.733. The second kappa shape index (κ2) is 7.56. The van der Waals surface area contributed by atoms with Crippen LogP contribution in [0.1, 0.15) is 20.8 Å². The molecule has 0 fully saturated rings. The molecule has 0 aromatic carbocycles. The van der Waals surface area contributed by atoms with Crippen molar-refractivity contribution in [1.29, 1.82) is 0 Å². The number of methoxy groups -OCH3 is 1. The summed E-state index contributed by atoms with van der Waals surface area (Å²) in [5.74, 6) is 0. The first kappa shape index (κ1) is 17.7. The zero-order valence-corrected chi connectivity index (χ0v) is 14.0. The molecule has 1 unspecified atom stereocenters. The van der Waals surface area contributed by atoms with Crippen molar-refractivity contribution in [3.63, 3.8) is 0 Å². The Hall–Kier alpha value is -1.40. The maximum absolute atomic E-state index is 12.2. The highest BCUT2D eigenvalue weighted by Gasteiger charge is 2.24. The Bertz CT molecular complexity index is 493. The zero-order valence-electron chi connectivity index (χ0n) is 14.0. The molecule has 6 heteroatoms. The Morgan fingerprint density at radius 2 is 2.14 bits per heavy atom. The van der Waals surface area contributed by atoms with E-state index in [9.17, 15) is 4.79 Å². The van der Waals surface area contributed by atoms with Gasteiger partial charge in [-0.25, -0.2) is 4.68 Å². The first-order valence-corrected chi connectivity index (χ1v) is 7.24. The van der Waals surface area contributed by atoms with Gasteiger partial charge < -0.3 is 15.0 Å². The van der Waals surface area contributed by atoms with Crippen LogP contribution in [-0.2, 0) is 11.3 Å². The van der Waals surface area contributed by atoms with Gasteiger partial charge in [-0.2, -0.15) is 5.10 Å². The van der Waals surface area contributed by atoms with Gasteiger partial charge in [-0.1, -0.05) is 20.8 Å². The minimum Gasteiger partial charge on any atom is -0.383 e. The molecule has 0 saturated heterocycles. The first-order chi connectivity index (χ1) is 9.79. The lowest BCUT2D eigenvalue weighted by Crippen LogP contribution is -2.44. The van der Waals surface area contributed by atoms with Crippen LogP contribution in [0, 0.1) is 5.41 Å². The van der Waals surface area contributed by atoms with E-state index < -0.39 is 0 Å². The summed E-state index contributed by atoms with van der Waals surface area (Å²) in [4.78, 5) is 14.2. The first-order valence-electron chi connectivity index (χ1n) is 7.24. The average Bonchev–Trinajstić information content (AvgIpc) is 2.41. The highest BCUT2D eigenvalue weighted by Crippen LogP contribution is 2.19. The Morgan fingerprint density at radius 3 is 2.62 bits per heavy atom. The van der Waals surface area contributed by atoms with E-state index in [1.165, 1.54) is 4.68 Å². The molecule has 0 saturated carbocycles. The van der Waals surface area contributed by atoms with Crippen molar-refractivity contribution in [3.05, 3.63) is 22.6 Å². The summed E-state index contributed by atoms with van der Waals surface area (Å²) in [6.07, 6.45) is 1.73. The van der Waals surface area contributed by atoms with Crippen LogP contribution in [-0.4, -0.2) is 50.2 Å². The van der Waals surface area contributed by atoms with Crippen LogP contribution in [0.4, 0.5) is 5.69 Å². The Labute approximate surface area is 127 Å². The summed E-state index contributed by atoms with van der Waals surface area (Å²) in [7, 11) is 5.49. The summed E-state index contributed by atoms with van der Waals surface area (Å²) >= 11 is 0. The summed E-state index contributed by atoms with van der Waals surface area (Å²) in [5, 5.41) is 7.55. The van der Waals surface area contributed by atoms with E-state index in [1.807, 2.05) is 19.0 Å². The molecule has 21 heavy (non-hydrogen) atoms. The van der Waals surface area contributed by atoms with Gasteiger partial charge >= 0.3 is 0 Å². The molecule has 1 atom stereocenters. The highest BCUT2D eigenvalue weighted by molar-refractivity contribution is 5.41. The predicted molar refractivity (Wildman–Crippen MR) is 85.9 cm³/mol. The van der Waals surface area contributed by atoms with Gasteiger partial charge in [0.15, 0.2) is 0 Å². The molecule has 0 radical (unpaired) electrons. The van der Waals surface area contributed by atoms with Gasteiger partial charge in [0.2, 0.25) is 0 Å². The molecular weight excluding hydrogens is 268 g/mol. The maximum atomic E-state index is 12.2. The number of aromatic nitrogens is 2. The van der Waals surface area contributed by atoms with Crippen LogP contribution in [0.5, 0.6) is 0 Å². The molecule has 0 aliphatic rings. The van der Waals surface area contributed by atoms with Gasteiger partial charge in [0, 0.05) is 32.8 Å². The van der Waals surface area contributed by atoms with Gasteiger partial charge in [0.1, 0.15) is 0 Å². The second-order valence-electron chi connectivity index (χ2n) is 6.36. The van der Waals surface area contributed by atoms with Gasteiger partial charge in [-0.15, -0.1) is 0 Å². The Morgan fingerprint density at radius 1 is 1.48 bits per heavy atom. The molecule has 1 heterocycles. The molecule has 0 aliphatic carbocycles. The van der Waals surface area contributed by atoms with E-state index in [0.717, 1.165) is 12.2 Å². The molecule has 0 aliphatic heterocycles. The van der Waals surface area contributed by atoms with E-state index >= 15 is 0 Å². The quantitative estimate of drug-likeness (QED) is 0.812. The molecule has 1 aromatic heterocycles. The summed E-state index contributed by atoms with van der Waals surface area (Å²) in [5.41, 5.74) is 0.787. The van der Waals surface area contributed by atoms with Crippen LogP contribution in [0.3, 0.4) is 0 Å². The van der Waals surface area contributed by atoms with Gasteiger partial charge in [-0.05, 0) is 12.5 Å². The lowest BCUT2D eigenvalue weighted by atomic mass is 9.87. The van der Waals surface area contributed by atoms with Crippen molar-refractivity contribution in [2.45, 2.75) is 33.4 Å². The number of nitrogens with zero attached hydrogens (tertiary/aromatic N) is 3. The predicted octanol–water partition coefficient (Wildman–Crippen LogP) is 0.960. The number of ether oxygens (including phenoxy) is 1. The fourth-order valence-electron chi connectivity index (χ4n) is 2.10. The Balaban J connectivity index is 2.86. The van der Waals surface area contributed by atoms with Gasteiger partial charge in [0.25, 0.3) is 5.56 Å². The van der Waals surface area contributed by atoms with E-state index in [0.29, 0.717) is 13.2 Å². The molecule has 0 amide bonds. The molecule has 0 bridgehead atoms. The molecule has 0 spiro atoms. The van der Waals surface area contributed by atoms with Crippen LogP contribution >= 0.6 is 0 Å². The molecule has 1 rings (SSSR count). The number of anilines is 1.